The summed E-state index contributed by atoms with van der Waals surface area (Å²) in [6.45, 7) is 6.73. The minimum atomic E-state index is -0.485. The van der Waals surface area contributed by atoms with Gasteiger partial charge < -0.3 is 19.5 Å². The first-order chi connectivity index (χ1) is 10.2. The Morgan fingerprint density at radius 3 is 2.45 bits per heavy atom. The molecule has 7 nitrogen and oxygen atoms in total. The van der Waals surface area contributed by atoms with Crippen molar-refractivity contribution in [3.8, 4) is 0 Å². The van der Waals surface area contributed by atoms with E-state index in [1.165, 1.54) is 0 Å². The fourth-order valence-corrected chi connectivity index (χ4v) is 2.32. The molecule has 0 spiro atoms. The summed E-state index contributed by atoms with van der Waals surface area (Å²) in [5, 5.41) is 2.96. The van der Waals surface area contributed by atoms with Crippen LogP contribution in [-0.2, 0) is 11.8 Å². The van der Waals surface area contributed by atoms with E-state index in [9.17, 15) is 9.59 Å². The highest BCUT2D eigenvalue weighted by Crippen LogP contribution is 2.15. The van der Waals surface area contributed by atoms with E-state index in [1.807, 2.05) is 27.8 Å². The Kier molecular flexibility index (Phi) is 4.73. The number of nitrogens with zero attached hydrogens (tertiary/aromatic N) is 3. The highest BCUT2D eigenvalue weighted by Gasteiger charge is 2.27. The Morgan fingerprint density at radius 1 is 1.32 bits per heavy atom. The zero-order chi connectivity index (χ0) is 16.3. The highest BCUT2D eigenvalue weighted by atomic mass is 16.6. The van der Waals surface area contributed by atoms with E-state index in [1.54, 1.807) is 22.0 Å². The maximum Gasteiger partial charge on any atom is 0.410 e. The van der Waals surface area contributed by atoms with Crippen molar-refractivity contribution in [3.05, 3.63) is 18.2 Å². The van der Waals surface area contributed by atoms with Gasteiger partial charge in [0.2, 0.25) is 0 Å². The Morgan fingerprint density at radius 2 is 1.95 bits per heavy atom. The third-order valence-electron chi connectivity index (χ3n) is 3.42. The van der Waals surface area contributed by atoms with Gasteiger partial charge in [-0.15, -0.1) is 0 Å². The van der Waals surface area contributed by atoms with Gasteiger partial charge in [-0.25, -0.2) is 9.78 Å². The van der Waals surface area contributed by atoms with Crippen molar-refractivity contribution in [2.24, 2.45) is 7.05 Å². The number of carbonyl (C=O) groups excluding carboxylic acids is 2. The third kappa shape index (κ3) is 4.47. The molecule has 1 aromatic heterocycles. The van der Waals surface area contributed by atoms with E-state index in [4.69, 9.17) is 4.74 Å². The SMILES string of the molecule is Cn1cnc(C(=O)NC2CCN(C(=O)OC(C)(C)C)CC2)c1. The molecule has 2 rings (SSSR count). The second-order valence-corrected chi connectivity index (χ2v) is 6.64. The number of hydrogen-bond acceptors (Lipinski definition) is 4. The van der Waals surface area contributed by atoms with Gasteiger partial charge in [0.25, 0.3) is 5.91 Å². The number of carbonyl (C=O) groups is 2. The lowest BCUT2D eigenvalue weighted by atomic mass is 10.1. The van der Waals surface area contributed by atoms with Crippen molar-refractivity contribution in [1.82, 2.24) is 19.8 Å². The fourth-order valence-electron chi connectivity index (χ4n) is 2.32. The number of aromatic nitrogens is 2. The lowest BCUT2D eigenvalue weighted by Gasteiger charge is -2.33. The maximum absolute atomic E-state index is 12.0. The first-order valence-electron chi connectivity index (χ1n) is 7.51. The van der Waals surface area contributed by atoms with Gasteiger partial charge in [0, 0.05) is 32.4 Å². The fraction of sp³-hybridized carbons (Fsp3) is 0.667. The molecule has 0 aromatic carbocycles. The standard InChI is InChI=1S/C15H24N4O3/c1-15(2,3)22-14(21)19-7-5-11(6-8-19)17-13(20)12-9-18(4)10-16-12/h9-11H,5-8H2,1-4H3,(H,17,20). The number of piperidine rings is 1. The molecule has 0 radical (unpaired) electrons. The molecule has 0 atom stereocenters. The molecule has 122 valence electrons. The van der Waals surface area contributed by atoms with Crippen LogP contribution >= 0.6 is 0 Å². The maximum atomic E-state index is 12.0. The first kappa shape index (κ1) is 16.3. The average Bonchev–Trinajstić information content (AvgIpc) is 2.84. The van der Waals surface area contributed by atoms with E-state index in [0.29, 0.717) is 18.8 Å². The summed E-state index contributed by atoms with van der Waals surface area (Å²) in [6.07, 6.45) is 4.43. The molecule has 1 aromatic rings. The van der Waals surface area contributed by atoms with Gasteiger partial charge >= 0.3 is 6.09 Å². The summed E-state index contributed by atoms with van der Waals surface area (Å²) in [5.74, 6) is -0.170. The topological polar surface area (TPSA) is 76.5 Å². The van der Waals surface area contributed by atoms with Gasteiger partial charge in [0.05, 0.1) is 6.33 Å². The van der Waals surface area contributed by atoms with Crippen LogP contribution in [0.1, 0.15) is 44.1 Å². The number of hydrogen-bond donors (Lipinski definition) is 1. The molecule has 7 heteroatoms. The van der Waals surface area contributed by atoms with Gasteiger partial charge in [0.1, 0.15) is 11.3 Å². The van der Waals surface area contributed by atoms with Crippen molar-refractivity contribution >= 4 is 12.0 Å². The van der Waals surface area contributed by atoms with Gasteiger partial charge in [0.15, 0.2) is 0 Å². The van der Waals surface area contributed by atoms with Crippen molar-refractivity contribution in [2.45, 2.75) is 45.3 Å². The first-order valence-corrected chi connectivity index (χ1v) is 7.51. The molecule has 0 aliphatic carbocycles. The van der Waals surface area contributed by atoms with Crippen LogP contribution in [-0.4, -0.2) is 51.2 Å². The van der Waals surface area contributed by atoms with Crippen LogP contribution in [0.2, 0.25) is 0 Å². The van der Waals surface area contributed by atoms with E-state index >= 15 is 0 Å². The number of likely N-dealkylation sites (tertiary alicyclic amines) is 1. The summed E-state index contributed by atoms with van der Waals surface area (Å²) < 4.78 is 7.09. The van der Waals surface area contributed by atoms with Crippen LogP contribution in [0, 0.1) is 0 Å². The molecule has 2 amide bonds. The average molecular weight is 308 g/mol. The molecule has 1 saturated heterocycles. The molecule has 1 aliphatic rings. The molecule has 1 N–H and O–H groups in total. The van der Waals surface area contributed by atoms with Gasteiger partial charge in [-0.3, -0.25) is 4.79 Å². The van der Waals surface area contributed by atoms with E-state index in [0.717, 1.165) is 12.8 Å². The summed E-state index contributed by atoms with van der Waals surface area (Å²) in [5.41, 5.74) is -0.0710. The molecular weight excluding hydrogens is 284 g/mol. The van der Waals surface area contributed by atoms with E-state index in [2.05, 4.69) is 10.3 Å². The number of nitrogens with one attached hydrogen (secondary N) is 1. The monoisotopic (exact) mass is 308 g/mol. The minimum absolute atomic E-state index is 0.0631. The van der Waals surface area contributed by atoms with Gasteiger partial charge in [-0.05, 0) is 33.6 Å². The lowest BCUT2D eigenvalue weighted by Crippen LogP contribution is -2.47. The van der Waals surface area contributed by atoms with E-state index < -0.39 is 5.60 Å². The number of ether oxygens (including phenoxy) is 1. The van der Waals surface area contributed by atoms with Crippen LogP contribution in [0.25, 0.3) is 0 Å². The lowest BCUT2D eigenvalue weighted by molar-refractivity contribution is 0.0199. The largest absolute Gasteiger partial charge is 0.444 e. The van der Waals surface area contributed by atoms with Crippen LogP contribution in [0.5, 0.6) is 0 Å². The summed E-state index contributed by atoms with van der Waals surface area (Å²) in [6, 6.07) is 0.0631. The Labute approximate surface area is 130 Å². The van der Waals surface area contributed by atoms with Crippen molar-refractivity contribution in [3.63, 3.8) is 0 Å². The van der Waals surface area contributed by atoms with Crippen LogP contribution in [0.4, 0.5) is 4.79 Å². The quantitative estimate of drug-likeness (QED) is 0.899. The van der Waals surface area contributed by atoms with Gasteiger partial charge in [-0.1, -0.05) is 0 Å². The predicted octanol–water partition coefficient (Wildman–Crippen LogP) is 1.55. The predicted molar refractivity (Wildman–Crippen MR) is 81.5 cm³/mol. The number of aryl methyl sites for hydroxylation is 1. The van der Waals surface area contributed by atoms with Crippen molar-refractivity contribution in [2.75, 3.05) is 13.1 Å². The van der Waals surface area contributed by atoms with E-state index in [-0.39, 0.29) is 18.0 Å². The minimum Gasteiger partial charge on any atom is -0.444 e. The molecule has 2 heterocycles. The zero-order valence-corrected chi connectivity index (χ0v) is 13.6. The molecule has 0 saturated carbocycles. The second kappa shape index (κ2) is 6.37. The second-order valence-electron chi connectivity index (χ2n) is 6.64. The number of amides is 2. The molecule has 1 fully saturated rings. The number of rotatable bonds is 2. The van der Waals surface area contributed by atoms with Crippen molar-refractivity contribution in [1.29, 1.82) is 0 Å². The third-order valence-corrected chi connectivity index (χ3v) is 3.42. The summed E-state index contributed by atoms with van der Waals surface area (Å²) >= 11 is 0. The summed E-state index contributed by atoms with van der Waals surface area (Å²) in [7, 11) is 1.82. The Balaban J connectivity index is 1.80. The normalized spacial score (nSPS) is 16.5. The van der Waals surface area contributed by atoms with Gasteiger partial charge in [-0.2, -0.15) is 0 Å². The molecule has 22 heavy (non-hydrogen) atoms. The smallest absolute Gasteiger partial charge is 0.410 e. The molecule has 0 bridgehead atoms. The van der Waals surface area contributed by atoms with Crippen LogP contribution in [0.3, 0.4) is 0 Å². The molecule has 1 aliphatic heterocycles. The van der Waals surface area contributed by atoms with Crippen molar-refractivity contribution < 1.29 is 14.3 Å². The Bertz CT molecular complexity index is 539. The molecule has 0 unspecified atom stereocenters. The highest BCUT2D eigenvalue weighted by molar-refractivity contribution is 5.92. The zero-order valence-electron chi connectivity index (χ0n) is 13.6. The van der Waals surface area contributed by atoms with Crippen LogP contribution < -0.4 is 5.32 Å². The van der Waals surface area contributed by atoms with Crippen LogP contribution in [0.15, 0.2) is 12.5 Å². The Hall–Kier alpha value is -2.05. The number of imidazole rings is 1. The summed E-state index contributed by atoms with van der Waals surface area (Å²) in [4.78, 5) is 29.7. The molecular formula is C15H24N4O3.